The van der Waals surface area contributed by atoms with Crippen LogP contribution in [0.25, 0.3) is 0 Å². The molecule has 0 aromatic heterocycles. The van der Waals surface area contributed by atoms with Crippen LogP contribution in [-0.2, 0) is 4.74 Å². The summed E-state index contributed by atoms with van der Waals surface area (Å²) in [6.07, 6.45) is 2.31. The van der Waals surface area contributed by atoms with Gasteiger partial charge in [0.15, 0.2) is 0 Å². The van der Waals surface area contributed by atoms with E-state index >= 15 is 0 Å². The van der Waals surface area contributed by atoms with Crippen molar-refractivity contribution in [3.63, 3.8) is 0 Å². The van der Waals surface area contributed by atoms with E-state index in [0.717, 1.165) is 47.6 Å². The Bertz CT molecular complexity index is 356. The number of benzene rings is 1. The van der Waals surface area contributed by atoms with Gasteiger partial charge in [-0.1, -0.05) is 13.3 Å². The Labute approximate surface area is 112 Å². The van der Waals surface area contributed by atoms with E-state index in [4.69, 9.17) is 10.5 Å². The molecule has 0 aliphatic rings. The van der Waals surface area contributed by atoms with Crippen LogP contribution in [0.5, 0.6) is 0 Å². The predicted octanol–water partition coefficient (Wildman–Crippen LogP) is 3.57. The molecule has 0 amide bonds. The van der Waals surface area contributed by atoms with Gasteiger partial charge in [0.2, 0.25) is 0 Å². The van der Waals surface area contributed by atoms with Gasteiger partial charge >= 0.3 is 0 Å². The number of nitrogens with two attached hydrogens (primary N) is 1. The number of hydrogen-bond acceptors (Lipinski definition) is 3. The Morgan fingerprint density at radius 2 is 2.12 bits per heavy atom. The van der Waals surface area contributed by atoms with Crippen molar-refractivity contribution in [3.05, 3.63) is 22.2 Å². The third-order valence-corrected chi connectivity index (χ3v) is 3.22. The average Bonchev–Trinajstić information content (AvgIpc) is 2.30. The summed E-state index contributed by atoms with van der Waals surface area (Å²) in [6.45, 7) is 6.56. The van der Waals surface area contributed by atoms with Crippen molar-refractivity contribution in [1.29, 1.82) is 0 Å². The van der Waals surface area contributed by atoms with Crippen molar-refractivity contribution >= 4 is 27.3 Å². The van der Waals surface area contributed by atoms with Crippen LogP contribution >= 0.6 is 15.9 Å². The fraction of sp³-hybridized carbons (Fsp3) is 0.538. The Kier molecular flexibility index (Phi) is 6.37. The summed E-state index contributed by atoms with van der Waals surface area (Å²) in [6, 6.07) is 3.97. The summed E-state index contributed by atoms with van der Waals surface area (Å²) in [5.74, 6) is 0. The third-order valence-electron chi connectivity index (χ3n) is 2.56. The molecule has 4 heteroatoms. The zero-order valence-corrected chi connectivity index (χ0v) is 12.1. The molecule has 3 nitrogen and oxygen atoms in total. The van der Waals surface area contributed by atoms with Gasteiger partial charge in [-0.15, -0.1) is 0 Å². The zero-order valence-electron chi connectivity index (χ0n) is 10.6. The minimum Gasteiger partial charge on any atom is -0.398 e. The van der Waals surface area contributed by atoms with Gasteiger partial charge in [0, 0.05) is 29.0 Å². The molecule has 0 unspecified atom stereocenters. The molecule has 0 aliphatic heterocycles. The Hall–Kier alpha value is -0.740. The lowest BCUT2D eigenvalue weighted by Gasteiger charge is -2.11. The molecule has 0 bridgehead atoms. The van der Waals surface area contributed by atoms with Gasteiger partial charge in [-0.25, -0.2) is 0 Å². The molecule has 0 radical (unpaired) electrons. The minimum atomic E-state index is 0.732. The Morgan fingerprint density at radius 3 is 2.82 bits per heavy atom. The minimum absolute atomic E-state index is 0.732. The molecule has 0 heterocycles. The molecule has 96 valence electrons. The lowest BCUT2D eigenvalue weighted by molar-refractivity contribution is 0.141. The Balaban J connectivity index is 2.34. The van der Waals surface area contributed by atoms with Gasteiger partial charge in [-0.3, -0.25) is 0 Å². The highest BCUT2D eigenvalue weighted by Crippen LogP contribution is 2.27. The second-order valence-corrected chi connectivity index (χ2v) is 4.94. The normalized spacial score (nSPS) is 10.5. The van der Waals surface area contributed by atoms with Crippen molar-refractivity contribution in [2.45, 2.75) is 26.7 Å². The fourth-order valence-electron chi connectivity index (χ4n) is 1.44. The SMILES string of the molecule is CCCCOCCNc1cc(C)c(N)cc1Br. The van der Waals surface area contributed by atoms with Gasteiger partial charge < -0.3 is 15.8 Å². The molecular formula is C13H21BrN2O. The fourth-order valence-corrected chi connectivity index (χ4v) is 1.94. The summed E-state index contributed by atoms with van der Waals surface area (Å²) in [7, 11) is 0. The lowest BCUT2D eigenvalue weighted by Crippen LogP contribution is -2.10. The number of nitrogens with one attached hydrogen (secondary N) is 1. The Morgan fingerprint density at radius 1 is 1.35 bits per heavy atom. The van der Waals surface area contributed by atoms with Gasteiger partial charge in [-0.2, -0.15) is 0 Å². The van der Waals surface area contributed by atoms with Gasteiger partial charge in [0.05, 0.1) is 6.61 Å². The number of nitrogen functional groups attached to an aromatic ring is 1. The number of aryl methyl sites for hydroxylation is 1. The molecule has 0 spiro atoms. The number of halogens is 1. The first-order valence-electron chi connectivity index (χ1n) is 6.02. The lowest BCUT2D eigenvalue weighted by atomic mass is 10.2. The monoisotopic (exact) mass is 300 g/mol. The second-order valence-electron chi connectivity index (χ2n) is 4.08. The quantitative estimate of drug-likeness (QED) is 0.598. The molecule has 0 saturated carbocycles. The van der Waals surface area contributed by atoms with E-state index < -0.39 is 0 Å². The molecule has 0 saturated heterocycles. The maximum absolute atomic E-state index is 5.82. The topological polar surface area (TPSA) is 47.3 Å². The molecule has 1 aromatic carbocycles. The van der Waals surface area contributed by atoms with Crippen LogP contribution in [0, 0.1) is 6.92 Å². The van der Waals surface area contributed by atoms with E-state index in [0.29, 0.717) is 0 Å². The first-order valence-corrected chi connectivity index (χ1v) is 6.81. The standard InChI is InChI=1S/C13H21BrN2O/c1-3-4-6-17-7-5-16-13-8-10(2)12(15)9-11(13)14/h8-9,16H,3-7,15H2,1-2H3. The van der Waals surface area contributed by atoms with Crippen molar-refractivity contribution < 1.29 is 4.74 Å². The maximum Gasteiger partial charge on any atom is 0.0639 e. The average molecular weight is 301 g/mol. The van der Waals surface area contributed by atoms with Gasteiger partial charge in [0.25, 0.3) is 0 Å². The summed E-state index contributed by atoms with van der Waals surface area (Å²) >= 11 is 3.49. The van der Waals surface area contributed by atoms with E-state index in [-0.39, 0.29) is 0 Å². The van der Waals surface area contributed by atoms with Crippen LogP contribution in [-0.4, -0.2) is 19.8 Å². The first kappa shape index (κ1) is 14.3. The van der Waals surface area contributed by atoms with Gasteiger partial charge in [0.1, 0.15) is 0 Å². The first-order chi connectivity index (χ1) is 8.15. The highest BCUT2D eigenvalue weighted by Gasteiger charge is 2.02. The number of unbranched alkanes of at least 4 members (excludes halogenated alkanes) is 1. The van der Waals surface area contributed by atoms with Crippen molar-refractivity contribution in [1.82, 2.24) is 0 Å². The smallest absolute Gasteiger partial charge is 0.0639 e. The van der Waals surface area contributed by atoms with Crippen LogP contribution in [0.15, 0.2) is 16.6 Å². The summed E-state index contributed by atoms with van der Waals surface area (Å²) in [4.78, 5) is 0. The van der Waals surface area contributed by atoms with Crippen molar-refractivity contribution in [3.8, 4) is 0 Å². The zero-order chi connectivity index (χ0) is 12.7. The molecule has 0 aliphatic carbocycles. The summed E-state index contributed by atoms with van der Waals surface area (Å²) in [5, 5.41) is 3.33. The predicted molar refractivity (Wildman–Crippen MR) is 77.5 cm³/mol. The van der Waals surface area contributed by atoms with E-state index in [1.54, 1.807) is 0 Å². The number of rotatable bonds is 7. The third kappa shape index (κ3) is 4.96. The van der Waals surface area contributed by atoms with Crippen molar-refractivity contribution in [2.24, 2.45) is 0 Å². The molecule has 1 rings (SSSR count). The van der Waals surface area contributed by atoms with Crippen LogP contribution < -0.4 is 11.1 Å². The van der Waals surface area contributed by atoms with Crippen LogP contribution in [0.1, 0.15) is 25.3 Å². The summed E-state index contributed by atoms with van der Waals surface area (Å²) < 4.78 is 6.48. The van der Waals surface area contributed by atoms with Crippen LogP contribution in [0.3, 0.4) is 0 Å². The maximum atomic E-state index is 5.82. The largest absolute Gasteiger partial charge is 0.398 e. The molecule has 17 heavy (non-hydrogen) atoms. The molecule has 3 N–H and O–H groups in total. The summed E-state index contributed by atoms with van der Waals surface area (Å²) in [5.41, 5.74) is 8.78. The van der Waals surface area contributed by atoms with E-state index in [1.807, 2.05) is 19.1 Å². The highest BCUT2D eigenvalue weighted by molar-refractivity contribution is 9.10. The highest BCUT2D eigenvalue weighted by atomic mass is 79.9. The van der Waals surface area contributed by atoms with Crippen LogP contribution in [0.4, 0.5) is 11.4 Å². The number of ether oxygens (including phenoxy) is 1. The molecule has 1 aromatic rings. The van der Waals surface area contributed by atoms with Crippen LogP contribution in [0.2, 0.25) is 0 Å². The molecule has 0 atom stereocenters. The van der Waals surface area contributed by atoms with E-state index in [1.165, 1.54) is 6.42 Å². The van der Waals surface area contributed by atoms with Crippen molar-refractivity contribution in [2.75, 3.05) is 30.8 Å². The van der Waals surface area contributed by atoms with E-state index in [2.05, 4.69) is 28.2 Å². The number of anilines is 2. The van der Waals surface area contributed by atoms with Gasteiger partial charge in [-0.05, 0) is 47.0 Å². The number of hydrogen-bond donors (Lipinski definition) is 2. The second kappa shape index (κ2) is 7.56. The molecule has 0 fully saturated rings. The molecular weight excluding hydrogens is 280 g/mol. The van der Waals surface area contributed by atoms with E-state index in [9.17, 15) is 0 Å².